The zero-order chi connectivity index (χ0) is 12.5. The third kappa shape index (κ3) is 5.89. The average molecular weight is 252 g/mol. The maximum atomic E-state index is 11.2. The number of ether oxygens (including phenoxy) is 1. The lowest BCUT2D eigenvalue weighted by molar-refractivity contribution is 0.101. The second kappa shape index (κ2) is 8.31. The first-order chi connectivity index (χ1) is 8.24. The summed E-state index contributed by atoms with van der Waals surface area (Å²) in [4.78, 5) is 12.3. The van der Waals surface area contributed by atoms with E-state index in [0.29, 0.717) is 0 Å². The van der Waals surface area contributed by atoms with Gasteiger partial charge in [0.15, 0.2) is 5.78 Å². The Morgan fingerprint density at radius 2 is 2.18 bits per heavy atom. The first-order valence-corrected chi connectivity index (χ1v) is 7.04. The van der Waals surface area contributed by atoms with Gasteiger partial charge in [0.25, 0.3) is 0 Å². The highest BCUT2D eigenvalue weighted by Gasteiger charge is 2.00. The van der Waals surface area contributed by atoms with Gasteiger partial charge in [0.2, 0.25) is 0 Å². The second-order valence-electron chi connectivity index (χ2n) is 3.90. The second-order valence-corrected chi connectivity index (χ2v) is 5.07. The highest BCUT2D eigenvalue weighted by molar-refractivity contribution is 7.99. The predicted octanol–water partition coefficient (Wildman–Crippen LogP) is 3.80. The van der Waals surface area contributed by atoms with Gasteiger partial charge in [0.1, 0.15) is 0 Å². The van der Waals surface area contributed by atoms with Crippen LogP contribution in [-0.4, -0.2) is 24.7 Å². The standard InChI is InChI=1S/C14H20O2S/c1-3-4-8-16-9-10-17-14-7-5-6-13(11-14)12(2)15/h5-7,11H,3-4,8-10H2,1-2H3. The van der Waals surface area contributed by atoms with Crippen molar-refractivity contribution in [3.05, 3.63) is 29.8 Å². The molecule has 3 heteroatoms. The number of Topliss-reactive ketones (excluding diaryl/α,β-unsaturated/α-hetero) is 1. The number of carbonyl (C=O) groups is 1. The van der Waals surface area contributed by atoms with Crippen LogP contribution in [0.2, 0.25) is 0 Å². The molecule has 0 aromatic heterocycles. The first-order valence-electron chi connectivity index (χ1n) is 6.05. The number of thioether (sulfide) groups is 1. The van der Waals surface area contributed by atoms with Crippen molar-refractivity contribution in [3.8, 4) is 0 Å². The Bertz CT molecular complexity index is 350. The van der Waals surface area contributed by atoms with Crippen molar-refractivity contribution >= 4 is 17.5 Å². The van der Waals surface area contributed by atoms with E-state index >= 15 is 0 Å². The van der Waals surface area contributed by atoms with Gasteiger partial charge < -0.3 is 4.74 Å². The first kappa shape index (κ1) is 14.3. The van der Waals surface area contributed by atoms with Crippen LogP contribution in [0.25, 0.3) is 0 Å². The predicted molar refractivity (Wildman–Crippen MR) is 72.9 cm³/mol. The number of carbonyl (C=O) groups excluding carboxylic acids is 1. The number of rotatable bonds is 8. The van der Waals surface area contributed by atoms with Crippen LogP contribution in [0.4, 0.5) is 0 Å². The van der Waals surface area contributed by atoms with Gasteiger partial charge in [-0.1, -0.05) is 25.5 Å². The highest BCUT2D eigenvalue weighted by Crippen LogP contribution is 2.19. The normalized spacial score (nSPS) is 10.5. The summed E-state index contributed by atoms with van der Waals surface area (Å²) in [5.74, 6) is 1.05. The van der Waals surface area contributed by atoms with Gasteiger partial charge in [-0.25, -0.2) is 0 Å². The third-order valence-electron chi connectivity index (χ3n) is 2.38. The van der Waals surface area contributed by atoms with Crippen LogP contribution in [0.15, 0.2) is 29.2 Å². The molecule has 0 unspecified atom stereocenters. The van der Waals surface area contributed by atoms with E-state index in [2.05, 4.69) is 6.92 Å². The van der Waals surface area contributed by atoms with E-state index in [1.807, 2.05) is 24.3 Å². The fourth-order valence-electron chi connectivity index (χ4n) is 1.37. The molecule has 0 radical (unpaired) electrons. The summed E-state index contributed by atoms with van der Waals surface area (Å²) in [6.07, 6.45) is 2.30. The van der Waals surface area contributed by atoms with Crippen molar-refractivity contribution < 1.29 is 9.53 Å². The van der Waals surface area contributed by atoms with Crippen LogP contribution in [0.5, 0.6) is 0 Å². The molecule has 0 bridgehead atoms. The smallest absolute Gasteiger partial charge is 0.159 e. The Morgan fingerprint density at radius 3 is 2.88 bits per heavy atom. The lowest BCUT2D eigenvalue weighted by Gasteiger charge is -2.04. The van der Waals surface area contributed by atoms with E-state index in [4.69, 9.17) is 4.74 Å². The molecule has 0 atom stereocenters. The van der Waals surface area contributed by atoms with Crippen LogP contribution >= 0.6 is 11.8 Å². The Kier molecular flexibility index (Phi) is 6.97. The SMILES string of the molecule is CCCCOCCSc1cccc(C(C)=O)c1. The lowest BCUT2D eigenvalue weighted by atomic mass is 10.2. The fourth-order valence-corrected chi connectivity index (χ4v) is 2.19. The van der Waals surface area contributed by atoms with Crippen molar-refractivity contribution in [2.24, 2.45) is 0 Å². The molecular weight excluding hydrogens is 232 g/mol. The Hall–Kier alpha value is -0.800. The molecule has 0 spiro atoms. The van der Waals surface area contributed by atoms with E-state index in [0.717, 1.165) is 35.8 Å². The number of hydrogen-bond acceptors (Lipinski definition) is 3. The monoisotopic (exact) mass is 252 g/mol. The van der Waals surface area contributed by atoms with Gasteiger partial charge in [0, 0.05) is 22.8 Å². The third-order valence-corrected chi connectivity index (χ3v) is 3.34. The van der Waals surface area contributed by atoms with Crippen molar-refractivity contribution in [1.29, 1.82) is 0 Å². The highest BCUT2D eigenvalue weighted by atomic mass is 32.2. The molecule has 1 rings (SSSR count). The molecular formula is C14H20O2S. The van der Waals surface area contributed by atoms with E-state index in [-0.39, 0.29) is 5.78 Å². The van der Waals surface area contributed by atoms with Crippen LogP contribution in [-0.2, 0) is 4.74 Å². The van der Waals surface area contributed by atoms with E-state index in [1.54, 1.807) is 18.7 Å². The Balaban J connectivity index is 2.27. The van der Waals surface area contributed by atoms with E-state index in [9.17, 15) is 4.79 Å². The van der Waals surface area contributed by atoms with Gasteiger partial charge >= 0.3 is 0 Å². The summed E-state index contributed by atoms with van der Waals surface area (Å²) in [7, 11) is 0. The molecule has 1 aromatic carbocycles. The molecule has 0 fully saturated rings. The van der Waals surface area contributed by atoms with Crippen LogP contribution in [0, 0.1) is 0 Å². The van der Waals surface area contributed by atoms with Gasteiger partial charge in [-0.05, 0) is 25.5 Å². The number of hydrogen-bond donors (Lipinski definition) is 0. The maximum absolute atomic E-state index is 11.2. The quantitative estimate of drug-likeness (QED) is 0.400. The molecule has 0 N–H and O–H groups in total. The van der Waals surface area contributed by atoms with E-state index in [1.165, 1.54) is 6.42 Å². The summed E-state index contributed by atoms with van der Waals surface area (Å²) in [6.45, 7) is 5.38. The van der Waals surface area contributed by atoms with Crippen LogP contribution in [0.3, 0.4) is 0 Å². The summed E-state index contributed by atoms with van der Waals surface area (Å²) < 4.78 is 5.49. The fraction of sp³-hybridized carbons (Fsp3) is 0.500. The molecule has 1 aromatic rings. The van der Waals surface area contributed by atoms with Gasteiger partial charge in [-0.3, -0.25) is 4.79 Å². The van der Waals surface area contributed by atoms with Gasteiger partial charge in [-0.2, -0.15) is 0 Å². The Labute approximate surface area is 108 Å². The van der Waals surface area contributed by atoms with Gasteiger partial charge in [-0.15, -0.1) is 11.8 Å². The topological polar surface area (TPSA) is 26.3 Å². The molecule has 0 aliphatic rings. The minimum Gasteiger partial charge on any atom is -0.381 e. The van der Waals surface area contributed by atoms with Gasteiger partial charge in [0.05, 0.1) is 6.61 Å². The van der Waals surface area contributed by atoms with Crippen molar-refractivity contribution in [1.82, 2.24) is 0 Å². The molecule has 0 aliphatic carbocycles. The minimum atomic E-state index is 0.117. The molecule has 94 valence electrons. The molecule has 2 nitrogen and oxygen atoms in total. The Morgan fingerprint density at radius 1 is 1.35 bits per heavy atom. The molecule has 0 amide bonds. The lowest BCUT2D eigenvalue weighted by Crippen LogP contribution is -1.99. The van der Waals surface area contributed by atoms with Crippen molar-refractivity contribution in [2.75, 3.05) is 19.0 Å². The zero-order valence-electron chi connectivity index (χ0n) is 10.6. The minimum absolute atomic E-state index is 0.117. The van der Waals surface area contributed by atoms with Crippen molar-refractivity contribution in [2.45, 2.75) is 31.6 Å². The maximum Gasteiger partial charge on any atom is 0.159 e. The molecule has 0 aliphatic heterocycles. The average Bonchev–Trinajstić information content (AvgIpc) is 2.34. The zero-order valence-corrected chi connectivity index (χ0v) is 11.4. The van der Waals surface area contributed by atoms with Crippen molar-refractivity contribution in [3.63, 3.8) is 0 Å². The number of benzene rings is 1. The summed E-state index contributed by atoms with van der Waals surface area (Å²) >= 11 is 1.73. The number of unbranched alkanes of at least 4 members (excludes halogenated alkanes) is 1. The van der Waals surface area contributed by atoms with Crippen LogP contribution < -0.4 is 0 Å². The van der Waals surface area contributed by atoms with Crippen LogP contribution in [0.1, 0.15) is 37.0 Å². The van der Waals surface area contributed by atoms with E-state index < -0.39 is 0 Å². The summed E-state index contributed by atoms with van der Waals surface area (Å²) in [6, 6.07) is 7.75. The summed E-state index contributed by atoms with van der Waals surface area (Å²) in [5, 5.41) is 0. The molecule has 0 saturated carbocycles. The molecule has 17 heavy (non-hydrogen) atoms. The molecule has 0 heterocycles. The summed E-state index contributed by atoms with van der Waals surface area (Å²) in [5.41, 5.74) is 0.780. The molecule has 0 saturated heterocycles. The number of ketones is 1. The largest absolute Gasteiger partial charge is 0.381 e.